The Bertz CT molecular complexity index is 536. The lowest BCUT2D eigenvalue weighted by molar-refractivity contribution is 0.260. The van der Waals surface area contributed by atoms with Crippen LogP contribution in [0.25, 0.3) is 0 Å². The molecule has 2 aromatic heterocycles. The van der Waals surface area contributed by atoms with Crippen molar-refractivity contribution >= 4 is 17.2 Å². The van der Waals surface area contributed by atoms with Gasteiger partial charge in [-0.25, -0.2) is 9.37 Å². The molecule has 1 saturated heterocycles. The van der Waals surface area contributed by atoms with Gasteiger partial charge in [0.05, 0.1) is 0 Å². The molecule has 3 nitrogen and oxygen atoms in total. The van der Waals surface area contributed by atoms with E-state index in [4.69, 9.17) is 0 Å². The van der Waals surface area contributed by atoms with E-state index in [2.05, 4.69) is 27.4 Å². The lowest BCUT2D eigenvalue weighted by Crippen LogP contribution is -2.47. The number of hydrogen-bond donors (Lipinski definition) is 0. The Hall–Kier alpha value is -1.46. The van der Waals surface area contributed by atoms with Gasteiger partial charge in [-0.2, -0.15) is 0 Å². The molecule has 0 saturated carbocycles. The van der Waals surface area contributed by atoms with Crippen LogP contribution >= 0.6 is 11.3 Å². The van der Waals surface area contributed by atoms with Crippen LogP contribution in [0.2, 0.25) is 0 Å². The molecule has 20 heavy (non-hydrogen) atoms. The van der Waals surface area contributed by atoms with E-state index in [-0.39, 0.29) is 5.82 Å². The predicted octanol–water partition coefficient (Wildman–Crippen LogP) is 2.65. The van der Waals surface area contributed by atoms with Crippen molar-refractivity contribution in [3.63, 3.8) is 0 Å². The number of halogens is 1. The van der Waals surface area contributed by atoms with Gasteiger partial charge in [0.15, 0.2) is 11.6 Å². The van der Waals surface area contributed by atoms with Crippen LogP contribution in [-0.4, -0.2) is 42.6 Å². The lowest BCUT2D eigenvalue weighted by Gasteiger charge is -2.35. The summed E-state index contributed by atoms with van der Waals surface area (Å²) in [5.41, 5.74) is 0. The van der Waals surface area contributed by atoms with Crippen LogP contribution in [0.3, 0.4) is 0 Å². The second kappa shape index (κ2) is 6.33. The van der Waals surface area contributed by atoms with Gasteiger partial charge < -0.3 is 4.90 Å². The summed E-state index contributed by atoms with van der Waals surface area (Å²) in [6.45, 7) is 4.72. The standard InChI is InChI=1S/C15H18FN3S/c16-14-4-1-6-17-15(14)19-10-8-18(9-11-19)7-5-13-3-2-12-20-13/h1-4,6,12H,5,7-11H2. The maximum absolute atomic E-state index is 13.7. The van der Waals surface area contributed by atoms with Crippen LogP contribution < -0.4 is 4.90 Å². The first-order chi connectivity index (χ1) is 9.83. The smallest absolute Gasteiger partial charge is 0.165 e. The molecule has 0 bridgehead atoms. The monoisotopic (exact) mass is 291 g/mol. The Balaban J connectivity index is 1.51. The number of aromatic nitrogens is 1. The summed E-state index contributed by atoms with van der Waals surface area (Å²) < 4.78 is 13.7. The quantitative estimate of drug-likeness (QED) is 0.863. The van der Waals surface area contributed by atoms with Crippen molar-refractivity contribution in [3.05, 3.63) is 46.5 Å². The molecule has 0 amide bonds. The molecular weight excluding hydrogens is 273 g/mol. The van der Waals surface area contributed by atoms with Gasteiger partial charge >= 0.3 is 0 Å². The van der Waals surface area contributed by atoms with Gasteiger partial charge in [-0.15, -0.1) is 11.3 Å². The summed E-state index contributed by atoms with van der Waals surface area (Å²) in [5, 5.41) is 2.12. The van der Waals surface area contributed by atoms with Gasteiger partial charge in [-0.05, 0) is 30.0 Å². The van der Waals surface area contributed by atoms with E-state index < -0.39 is 0 Å². The number of rotatable bonds is 4. The molecule has 1 aliphatic rings. The van der Waals surface area contributed by atoms with E-state index in [1.807, 2.05) is 16.2 Å². The lowest BCUT2D eigenvalue weighted by atomic mass is 10.2. The van der Waals surface area contributed by atoms with Crippen molar-refractivity contribution in [3.8, 4) is 0 Å². The minimum atomic E-state index is -0.223. The highest BCUT2D eigenvalue weighted by atomic mass is 32.1. The third-order valence-corrected chi connectivity index (χ3v) is 4.60. The fraction of sp³-hybridized carbons (Fsp3) is 0.400. The first-order valence-corrected chi connectivity index (χ1v) is 7.81. The second-order valence-electron chi connectivity index (χ2n) is 4.97. The summed E-state index contributed by atoms with van der Waals surface area (Å²) in [6.07, 6.45) is 2.76. The molecule has 5 heteroatoms. The summed E-state index contributed by atoms with van der Waals surface area (Å²) in [7, 11) is 0. The van der Waals surface area contributed by atoms with E-state index in [9.17, 15) is 4.39 Å². The van der Waals surface area contributed by atoms with Crippen LogP contribution in [0.4, 0.5) is 10.2 Å². The Morgan fingerprint density at radius 3 is 2.70 bits per heavy atom. The summed E-state index contributed by atoms with van der Waals surface area (Å²) in [6, 6.07) is 7.40. The normalized spacial score (nSPS) is 16.6. The average Bonchev–Trinajstić information content (AvgIpc) is 3.00. The van der Waals surface area contributed by atoms with Gasteiger partial charge in [0.25, 0.3) is 0 Å². The largest absolute Gasteiger partial charge is 0.352 e. The van der Waals surface area contributed by atoms with Crippen molar-refractivity contribution < 1.29 is 4.39 Å². The topological polar surface area (TPSA) is 19.4 Å². The van der Waals surface area contributed by atoms with Gasteiger partial charge in [0, 0.05) is 43.8 Å². The Morgan fingerprint density at radius 2 is 2.00 bits per heavy atom. The summed E-state index contributed by atoms with van der Waals surface area (Å²) in [5.74, 6) is 0.268. The van der Waals surface area contributed by atoms with Crippen LogP contribution in [0.5, 0.6) is 0 Å². The van der Waals surface area contributed by atoms with Crippen LogP contribution in [0.15, 0.2) is 35.8 Å². The zero-order valence-corrected chi connectivity index (χ0v) is 12.2. The SMILES string of the molecule is Fc1cccnc1N1CCN(CCc2cccs2)CC1. The maximum Gasteiger partial charge on any atom is 0.165 e. The van der Waals surface area contributed by atoms with E-state index >= 15 is 0 Å². The number of pyridine rings is 1. The average molecular weight is 291 g/mol. The molecular formula is C15H18FN3S. The molecule has 1 aliphatic heterocycles. The van der Waals surface area contributed by atoms with Crippen molar-refractivity contribution in [2.24, 2.45) is 0 Å². The molecule has 0 radical (unpaired) electrons. The van der Waals surface area contributed by atoms with E-state index in [1.165, 1.54) is 10.9 Å². The second-order valence-corrected chi connectivity index (χ2v) is 6.00. The first-order valence-electron chi connectivity index (χ1n) is 6.93. The zero-order valence-electron chi connectivity index (χ0n) is 11.3. The fourth-order valence-electron chi connectivity index (χ4n) is 2.52. The highest BCUT2D eigenvalue weighted by Gasteiger charge is 2.19. The molecule has 0 unspecified atom stereocenters. The molecule has 3 heterocycles. The molecule has 0 N–H and O–H groups in total. The number of hydrogen-bond acceptors (Lipinski definition) is 4. The molecule has 0 spiro atoms. The Morgan fingerprint density at radius 1 is 1.15 bits per heavy atom. The highest BCUT2D eigenvalue weighted by molar-refractivity contribution is 7.09. The van der Waals surface area contributed by atoms with E-state index in [0.717, 1.165) is 39.1 Å². The van der Waals surface area contributed by atoms with Gasteiger partial charge in [-0.1, -0.05) is 6.07 Å². The van der Waals surface area contributed by atoms with E-state index in [0.29, 0.717) is 5.82 Å². The maximum atomic E-state index is 13.7. The van der Waals surface area contributed by atoms with Crippen molar-refractivity contribution in [2.45, 2.75) is 6.42 Å². The molecule has 3 rings (SSSR count). The number of anilines is 1. The third-order valence-electron chi connectivity index (χ3n) is 3.67. The molecule has 0 aliphatic carbocycles. The summed E-state index contributed by atoms with van der Waals surface area (Å²) in [4.78, 5) is 10.1. The molecule has 106 valence electrons. The Labute approximate surface area is 122 Å². The van der Waals surface area contributed by atoms with Gasteiger partial charge in [0.2, 0.25) is 0 Å². The van der Waals surface area contributed by atoms with Crippen molar-refractivity contribution in [1.82, 2.24) is 9.88 Å². The predicted molar refractivity (Wildman–Crippen MR) is 80.9 cm³/mol. The molecule has 1 fully saturated rings. The van der Waals surface area contributed by atoms with Gasteiger partial charge in [-0.3, -0.25) is 4.90 Å². The molecule has 2 aromatic rings. The minimum Gasteiger partial charge on any atom is -0.352 e. The molecule has 0 atom stereocenters. The first kappa shape index (κ1) is 13.5. The number of piperazine rings is 1. The van der Waals surface area contributed by atoms with Crippen molar-refractivity contribution in [1.29, 1.82) is 0 Å². The molecule has 0 aromatic carbocycles. The zero-order chi connectivity index (χ0) is 13.8. The van der Waals surface area contributed by atoms with E-state index in [1.54, 1.807) is 12.3 Å². The fourth-order valence-corrected chi connectivity index (χ4v) is 3.21. The van der Waals surface area contributed by atoms with Crippen LogP contribution in [-0.2, 0) is 6.42 Å². The van der Waals surface area contributed by atoms with Crippen molar-refractivity contribution in [2.75, 3.05) is 37.6 Å². The highest BCUT2D eigenvalue weighted by Crippen LogP contribution is 2.17. The number of thiophene rings is 1. The van der Waals surface area contributed by atoms with Crippen LogP contribution in [0, 0.1) is 5.82 Å². The van der Waals surface area contributed by atoms with Crippen LogP contribution in [0.1, 0.15) is 4.88 Å². The third kappa shape index (κ3) is 3.16. The summed E-state index contributed by atoms with van der Waals surface area (Å²) >= 11 is 1.81. The van der Waals surface area contributed by atoms with Gasteiger partial charge in [0.1, 0.15) is 0 Å². The number of nitrogens with zero attached hydrogens (tertiary/aromatic N) is 3. The minimum absolute atomic E-state index is 0.223. The Kier molecular flexibility index (Phi) is 4.28.